The predicted molar refractivity (Wildman–Crippen MR) is 87.2 cm³/mol. The van der Waals surface area contributed by atoms with E-state index in [2.05, 4.69) is 5.32 Å². The van der Waals surface area contributed by atoms with Gasteiger partial charge in [-0.1, -0.05) is 32.9 Å². The van der Waals surface area contributed by atoms with Crippen LogP contribution in [0.25, 0.3) is 0 Å². The van der Waals surface area contributed by atoms with Crippen molar-refractivity contribution in [3.05, 3.63) is 29.8 Å². The SMILES string of the molecule is CCC(CC)(CNC(=O)c1ccccc1S(=O)(=O)CC)C(=O)O. The molecule has 7 heteroatoms. The molecule has 0 atom stereocenters. The maximum atomic E-state index is 12.4. The molecule has 0 saturated heterocycles. The van der Waals surface area contributed by atoms with Crippen molar-refractivity contribution < 1.29 is 23.1 Å². The normalized spacial score (nSPS) is 12.0. The minimum absolute atomic E-state index is 0.0334. The lowest BCUT2D eigenvalue weighted by Crippen LogP contribution is -2.42. The average Bonchev–Trinajstić information content (AvgIpc) is 2.55. The van der Waals surface area contributed by atoms with Gasteiger partial charge in [-0.3, -0.25) is 9.59 Å². The summed E-state index contributed by atoms with van der Waals surface area (Å²) in [6.45, 7) is 4.96. The second-order valence-electron chi connectivity index (χ2n) is 5.37. The number of carbonyl (C=O) groups excluding carboxylic acids is 1. The van der Waals surface area contributed by atoms with E-state index in [1.807, 2.05) is 0 Å². The van der Waals surface area contributed by atoms with E-state index in [-0.39, 0.29) is 22.8 Å². The molecule has 0 aliphatic carbocycles. The van der Waals surface area contributed by atoms with E-state index in [0.717, 1.165) is 0 Å². The summed E-state index contributed by atoms with van der Waals surface area (Å²) in [5, 5.41) is 12.0. The van der Waals surface area contributed by atoms with Crippen LogP contribution in [-0.4, -0.2) is 37.7 Å². The van der Waals surface area contributed by atoms with Gasteiger partial charge in [0.15, 0.2) is 9.84 Å². The van der Waals surface area contributed by atoms with E-state index in [1.54, 1.807) is 26.0 Å². The van der Waals surface area contributed by atoms with Crippen LogP contribution in [0.1, 0.15) is 44.0 Å². The van der Waals surface area contributed by atoms with Crippen molar-refractivity contribution in [3.8, 4) is 0 Å². The highest BCUT2D eigenvalue weighted by Gasteiger charge is 2.35. The number of rotatable bonds is 8. The molecule has 0 heterocycles. The van der Waals surface area contributed by atoms with Crippen molar-refractivity contribution in [1.82, 2.24) is 5.32 Å². The first-order chi connectivity index (χ1) is 10.7. The van der Waals surface area contributed by atoms with Crippen LogP contribution in [0.2, 0.25) is 0 Å². The second-order valence-corrected chi connectivity index (χ2v) is 7.62. The molecule has 2 N–H and O–H groups in total. The molecule has 0 aliphatic heterocycles. The van der Waals surface area contributed by atoms with Crippen LogP contribution in [0.5, 0.6) is 0 Å². The summed E-state index contributed by atoms with van der Waals surface area (Å²) in [5.41, 5.74) is -1.00. The molecule has 1 rings (SSSR count). The van der Waals surface area contributed by atoms with E-state index in [1.165, 1.54) is 19.1 Å². The molecule has 1 amide bonds. The molecule has 6 nitrogen and oxygen atoms in total. The predicted octanol–water partition coefficient (Wildman–Crippen LogP) is 2.10. The molecule has 0 aromatic heterocycles. The number of amides is 1. The van der Waals surface area contributed by atoms with Crippen LogP contribution in [0.3, 0.4) is 0 Å². The lowest BCUT2D eigenvalue weighted by molar-refractivity contribution is -0.149. The van der Waals surface area contributed by atoms with Crippen LogP contribution >= 0.6 is 0 Å². The van der Waals surface area contributed by atoms with E-state index < -0.39 is 27.1 Å². The van der Waals surface area contributed by atoms with Gasteiger partial charge in [0, 0.05) is 6.54 Å². The summed E-state index contributed by atoms with van der Waals surface area (Å²) in [5.74, 6) is -1.66. The lowest BCUT2D eigenvalue weighted by atomic mass is 9.82. The van der Waals surface area contributed by atoms with Gasteiger partial charge >= 0.3 is 5.97 Å². The summed E-state index contributed by atoms with van der Waals surface area (Å²) in [7, 11) is -3.53. The molecule has 0 aliphatic rings. The fourth-order valence-electron chi connectivity index (χ4n) is 2.30. The number of hydrogen-bond donors (Lipinski definition) is 2. The van der Waals surface area contributed by atoms with E-state index >= 15 is 0 Å². The van der Waals surface area contributed by atoms with Crippen molar-refractivity contribution in [2.45, 2.75) is 38.5 Å². The van der Waals surface area contributed by atoms with Gasteiger partial charge in [0.25, 0.3) is 5.91 Å². The van der Waals surface area contributed by atoms with Gasteiger partial charge < -0.3 is 10.4 Å². The lowest BCUT2D eigenvalue weighted by Gasteiger charge is -2.27. The third kappa shape index (κ3) is 4.10. The molecule has 0 unspecified atom stereocenters. The first-order valence-corrected chi connectivity index (χ1v) is 9.22. The van der Waals surface area contributed by atoms with Crippen LogP contribution in [0.15, 0.2) is 29.2 Å². The van der Waals surface area contributed by atoms with Gasteiger partial charge in [-0.25, -0.2) is 8.42 Å². The Hall–Kier alpha value is -1.89. The Balaban J connectivity index is 3.07. The van der Waals surface area contributed by atoms with Crippen molar-refractivity contribution in [3.63, 3.8) is 0 Å². The highest BCUT2D eigenvalue weighted by Crippen LogP contribution is 2.26. The molecule has 1 aromatic carbocycles. The van der Waals surface area contributed by atoms with Crippen molar-refractivity contribution in [2.24, 2.45) is 5.41 Å². The number of benzene rings is 1. The topological polar surface area (TPSA) is 101 Å². The molecule has 0 saturated carbocycles. The Morgan fingerprint density at radius 2 is 1.70 bits per heavy atom. The average molecular weight is 341 g/mol. The Bertz CT molecular complexity index is 677. The molecule has 23 heavy (non-hydrogen) atoms. The molecular weight excluding hydrogens is 318 g/mol. The van der Waals surface area contributed by atoms with Gasteiger partial charge in [0.05, 0.1) is 21.6 Å². The van der Waals surface area contributed by atoms with Crippen LogP contribution in [-0.2, 0) is 14.6 Å². The molecule has 128 valence electrons. The highest BCUT2D eigenvalue weighted by molar-refractivity contribution is 7.91. The van der Waals surface area contributed by atoms with Gasteiger partial charge in [0.1, 0.15) is 0 Å². The maximum Gasteiger partial charge on any atom is 0.311 e. The molecule has 1 aromatic rings. The van der Waals surface area contributed by atoms with Crippen LogP contribution in [0.4, 0.5) is 0 Å². The standard InChI is InChI=1S/C16H23NO5S/c1-4-16(5-2,15(19)20)11-17-14(18)12-9-7-8-10-13(12)23(21,22)6-3/h7-10H,4-6,11H2,1-3H3,(H,17,18)(H,19,20). The zero-order valence-corrected chi connectivity index (χ0v) is 14.4. The molecule has 0 radical (unpaired) electrons. The zero-order chi connectivity index (χ0) is 17.7. The Labute approximate surface area is 136 Å². The number of carbonyl (C=O) groups is 2. The summed E-state index contributed by atoms with van der Waals surface area (Å²) < 4.78 is 24.1. The maximum absolute atomic E-state index is 12.4. The number of nitrogens with one attached hydrogen (secondary N) is 1. The van der Waals surface area contributed by atoms with E-state index in [9.17, 15) is 23.1 Å². The van der Waals surface area contributed by atoms with E-state index in [0.29, 0.717) is 12.8 Å². The number of hydrogen-bond acceptors (Lipinski definition) is 4. The quantitative estimate of drug-likeness (QED) is 0.754. The largest absolute Gasteiger partial charge is 0.481 e. The Kier molecular flexibility index (Phi) is 6.32. The smallest absolute Gasteiger partial charge is 0.311 e. The first-order valence-electron chi connectivity index (χ1n) is 7.57. The van der Waals surface area contributed by atoms with Crippen molar-refractivity contribution >= 4 is 21.7 Å². The molecule has 0 bridgehead atoms. The van der Waals surface area contributed by atoms with Crippen molar-refractivity contribution in [2.75, 3.05) is 12.3 Å². The monoisotopic (exact) mass is 341 g/mol. The summed E-state index contributed by atoms with van der Waals surface area (Å²) in [6, 6.07) is 5.95. The van der Waals surface area contributed by atoms with Crippen molar-refractivity contribution in [1.29, 1.82) is 0 Å². The van der Waals surface area contributed by atoms with Gasteiger partial charge in [0.2, 0.25) is 0 Å². The minimum atomic E-state index is -3.53. The number of sulfone groups is 1. The molecule has 0 fully saturated rings. The van der Waals surface area contributed by atoms with Crippen LogP contribution < -0.4 is 5.32 Å². The number of aliphatic carboxylic acids is 1. The fourth-order valence-corrected chi connectivity index (χ4v) is 3.40. The first kappa shape index (κ1) is 19.2. The summed E-state index contributed by atoms with van der Waals surface area (Å²) in [4.78, 5) is 23.8. The summed E-state index contributed by atoms with van der Waals surface area (Å²) >= 11 is 0. The van der Waals surface area contributed by atoms with Gasteiger partial charge in [-0.15, -0.1) is 0 Å². The third-order valence-corrected chi connectivity index (χ3v) is 6.03. The summed E-state index contributed by atoms with van der Waals surface area (Å²) in [6.07, 6.45) is 0.738. The van der Waals surface area contributed by atoms with Gasteiger partial charge in [-0.2, -0.15) is 0 Å². The van der Waals surface area contributed by atoms with E-state index in [4.69, 9.17) is 0 Å². The Morgan fingerprint density at radius 3 is 2.17 bits per heavy atom. The molecular formula is C16H23NO5S. The Morgan fingerprint density at radius 1 is 1.13 bits per heavy atom. The third-order valence-electron chi connectivity index (χ3n) is 4.24. The second kappa shape index (κ2) is 7.59. The van der Waals surface area contributed by atoms with Gasteiger partial charge in [-0.05, 0) is 25.0 Å². The number of carboxylic acids is 1. The van der Waals surface area contributed by atoms with Crippen LogP contribution in [0, 0.1) is 5.41 Å². The minimum Gasteiger partial charge on any atom is -0.481 e. The molecule has 0 spiro atoms. The highest BCUT2D eigenvalue weighted by atomic mass is 32.2. The fraction of sp³-hybridized carbons (Fsp3) is 0.500. The number of carboxylic acid groups (broad SMARTS) is 1. The zero-order valence-electron chi connectivity index (χ0n) is 13.6.